The maximum atomic E-state index is 5.25. The Morgan fingerprint density at radius 1 is 1.43 bits per heavy atom. The summed E-state index contributed by atoms with van der Waals surface area (Å²) in [6.45, 7) is 5.04. The predicted molar refractivity (Wildman–Crippen MR) is 79.8 cm³/mol. The summed E-state index contributed by atoms with van der Waals surface area (Å²) in [5.74, 6) is 2.23. The van der Waals surface area contributed by atoms with Crippen LogP contribution >= 0.6 is 23.1 Å². The van der Waals surface area contributed by atoms with Gasteiger partial charge in [0.2, 0.25) is 16.9 Å². The Morgan fingerprint density at radius 3 is 3.10 bits per heavy atom. The van der Waals surface area contributed by atoms with Crippen molar-refractivity contribution < 1.29 is 4.52 Å². The lowest BCUT2D eigenvalue weighted by atomic mass is 10.2. The van der Waals surface area contributed by atoms with E-state index < -0.39 is 0 Å². The molecule has 0 saturated carbocycles. The Hall–Kier alpha value is -1.74. The molecule has 0 bridgehead atoms. The maximum Gasteiger partial charge on any atom is 0.237 e. The third kappa shape index (κ3) is 3.48. The van der Waals surface area contributed by atoms with Crippen LogP contribution in [0.1, 0.15) is 19.7 Å². The van der Waals surface area contributed by atoms with E-state index in [1.807, 2.05) is 16.8 Å². The highest BCUT2D eigenvalue weighted by molar-refractivity contribution is 7.98. The van der Waals surface area contributed by atoms with Crippen molar-refractivity contribution in [2.45, 2.75) is 31.3 Å². The second-order valence-electron chi connectivity index (χ2n) is 4.85. The number of thiophene rings is 1. The molecular formula is C12H14N6OS2. The molecule has 0 aromatic carbocycles. The van der Waals surface area contributed by atoms with Crippen LogP contribution in [0.25, 0.3) is 11.4 Å². The van der Waals surface area contributed by atoms with Gasteiger partial charge >= 0.3 is 0 Å². The minimum atomic E-state index is 0.487. The molecule has 0 N–H and O–H groups in total. The molecule has 0 fully saturated rings. The number of tetrazole rings is 1. The van der Waals surface area contributed by atoms with Crippen LogP contribution in [0.5, 0.6) is 0 Å². The Kier molecular flexibility index (Phi) is 4.30. The largest absolute Gasteiger partial charge is 0.338 e. The molecule has 0 aliphatic heterocycles. The average Bonchev–Trinajstić information content (AvgIpc) is 3.17. The first kappa shape index (κ1) is 14.2. The standard InChI is InChI=1S/C12H14N6OS2/c1-8(2)5-18-12(14-16-17-18)21-7-10-13-11(15-19-10)9-3-4-20-6-9/h3-4,6,8H,5,7H2,1-2H3. The van der Waals surface area contributed by atoms with Gasteiger partial charge in [0.25, 0.3) is 0 Å². The zero-order valence-electron chi connectivity index (χ0n) is 11.6. The second kappa shape index (κ2) is 6.35. The summed E-state index contributed by atoms with van der Waals surface area (Å²) >= 11 is 3.10. The summed E-state index contributed by atoms with van der Waals surface area (Å²) < 4.78 is 7.05. The van der Waals surface area contributed by atoms with Gasteiger partial charge in [0, 0.05) is 17.5 Å². The first-order valence-electron chi connectivity index (χ1n) is 6.46. The molecule has 0 aliphatic rings. The Morgan fingerprint density at radius 2 is 2.33 bits per heavy atom. The van der Waals surface area contributed by atoms with Gasteiger partial charge in [-0.3, -0.25) is 0 Å². The smallest absolute Gasteiger partial charge is 0.237 e. The van der Waals surface area contributed by atoms with Gasteiger partial charge in [-0.25, -0.2) is 4.68 Å². The zero-order valence-corrected chi connectivity index (χ0v) is 13.3. The molecule has 3 rings (SSSR count). The van der Waals surface area contributed by atoms with E-state index in [1.54, 1.807) is 16.0 Å². The van der Waals surface area contributed by atoms with Crippen molar-refractivity contribution in [2.24, 2.45) is 5.92 Å². The number of hydrogen-bond donors (Lipinski definition) is 0. The molecule has 0 amide bonds. The van der Waals surface area contributed by atoms with Crippen molar-refractivity contribution in [1.82, 2.24) is 30.3 Å². The average molecular weight is 322 g/mol. The molecule has 3 heterocycles. The van der Waals surface area contributed by atoms with Crippen molar-refractivity contribution in [3.8, 4) is 11.4 Å². The van der Waals surface area contributed by atoms with Crippen molar-refractivity contribution >= 4 is 23.1 Å². The molecule has 0 aliphatic carbocycles. The fourth-order valence-corrected chi connectivity index (χ4v) is 3.07. The summed E-state index contributed by atoms with van der Waals surface area (Å²) in [7, 11) is 0. The zero-order chi connectivity index (χ0) is 14.7. The van der Waals surface area contributed by atoms with Crippen LogP contribution in [-0.2, 0) is 12.3 Å². The van der Waals surface area contributed by atoms with Gasteiger partial charge in [-0.2, -0.15) is 16.3 Å². The number of hydrogen-bond acceptors (Lipinski definition) is 8. The van der Waals surface area contributed by atoms with E-state index >= 15 is 0 Å². The molecule has 110 valence electrons. The molecule has 21 heavy (non-hydrogen) atoms. The number of rotatable bonds is 6. The molecule has 0 saturated heterocycles. The van der Waals surface area contributed by atoms with Gasteiger partial charge in [0.1, 0.15) is 0 Å². The van der Waals surface area contributed by atoms with E-state index in [2.05, 4.69) is 39.5 Å². The Bertz CT molecular complexity index is 690. The van der Waals surface area contributed by atoms with Gasteiger partial charge in [-0.15, -0.1) is 5.10 Å². The highest BCUT2D eigenvalue weighted by Crippen LogP contribution is 2.23. The van der Waals surface area contributed by atoms with Crippen LogP contribution in [0.3, 0.4) is 0 Å². The van der Waals surface area contributed by atoms with Crippen LogP contribution in [0, 0.1) is 5.92 Å². The van der Waals surface area contributed by atoms with E-state index in [0.717, 1.165) is 17.3 Å². The molecule has 0 spiro atoms. The summed E-state index contributed by atoms with van der Waals surface area (Å²) in [5.41, 5.74) is 0.977. The molecule has 3 aromatic heterocycles. The van der Waals surface area contributed by atoms with Gasteiger partial charge < -0.3 is 4.52 Å². The van der Waals surface area contributed by atoms with Crippen molar-refractivity contribution in [3.05, 3.63) is 22.7 Å². The fourth-order valence-electron chi connectivity index (χ4n) is 1.71. The predicted octanol–water partition coefficient (Wildman–Crippen LogP) is 2.73. The SMILES string of the molecule is CC(C)Cn1nnnc1SCc1nc(-c2ccsc2)no1. The summed E-state index contributed by atoms with van der Waals surface area (Å²) in [5, 5.41) is 20.4. The van der Waals surface area contributed by atoms with Gasteiger partial charge in [0.15, 0.2) is 0 Å². The Balaban J connectivity index is 1.64. The number of aromatic nitrogens is 6. The number of nitrogens with zero attached hydrogens (tertiary/aromatic N) is 6. The van der Waals surface area contributed by atoms with Crippen LogP contribution in [0.2, 0.25) is 0 Å². The van der Waals surface area contributed by atoms with Crippen LogP contribution in [0.4, 0.5) is 0 Å². The molecule has 7 nitrogen and oxygen atoms in total. The summed E-state index contributed by atoms with van der Waals surface area (Å²) in [6.07, 6.45) is 0. The summed E-state index contributed by atoms with van der Waals surface area (Å²) in [6, 6.07) is 1.97. The third-order valence-corrected chi connectivity index (χ3v) is 4.23. The normalized spacial score (nSPS) is 11.4. The van der Waals surface area contributed by atoms with E-state index in [1.165, 1.54) is 11.8 Å². The number of thioether (sulfide) groups is 1. The molecule has 3 aromatic rings. The first-order chi connectivity index (χ1) is 10.2. The fraction of sp³-hybridized carbons (Fsp3) is 0.417. The molecule has 0 unspecified atom stereocenters. The van der Waals surface area contributed by atoms with Gasteiger partial charge in [0.05, 0.1) is 5.75 Å². The molecule has 0 atom stereocenters. The lowest BCUT2D eigenvalue weighted by molar-refractivity contribution is 0.391. The molecular weight excluding hydrogens is 308 g/mol. The highest BCUT2D eigenvalue weighted by atomic mass is 32.2. The minimum absolute atomic E-state index is 0.487. The topological polar surface area (TPSA) is 82.5 Å². The second-order valence-corrected chi connectivity index (χ2v) is 6.57. The minimum Gasteiger partial charge on any atom is -0.338 e. The van der Waals surface area contributed by atoms with Crippen molar-refractivity contribution in [3.63, 3.8) is 0 Å². The summed E-state index contributed by atoms with van der Waals surface area (Å²) in [4.78, 5) is 4.37. The van der Waals surface area contributed by atoms with Gasteiger partial charge in [-0.05, 0) is 27.8 Å². The lowest BCUT2D eigenvalue weighted by Crippen LogP contribution is -2.07. The lowest BCUT2D eigenvalue weighted by Gasteiger charge is -2.05. The third-order valence-electron chi connectivity index (χ3n) is 2.61. The Labute approximate surface area is 129 Å². The van der Waals surface area contributed by atoms with E-state index in [9.17, 15) is 0 Å². The molecule has 9 heteroatoms. The highest BCUT2D eigenvalue weighted by Gasteiger charge is 2.13. The van der Waals surface area contributed by atoms with E-state index in [4.69, 9.17) is 4.52 Å². The first-order valence-corrected chi connectivity index (χ1v) is 8.39. The maximum absolute atomic E-state index is 5.25. The van der Waals surface area contributed by atoms with Gasteiger partial charge in [-0.1, -0.05) is 30.8 Å². The van der Waals surface area contributed by atoms with E-state index in [-0.39, 0.29) is 0 Å². The van der Waals surface area contributed by atoms with Crippen LogP contribution < -0.4 is 0 Å². The van der Waals surface area contributed by atoms with Crippen LogP contribution in [0.15, 0.2) is 26.5 Å². The van der Waals surface area contributed by atoms with Crippen molar-refractivity contribution in [2.75, 3.05) is 0 Å². The quantitative estimate of drug-likeness (QED) is 0.645. The molecule has 0 radical (unpaired) electrons. The van der Waals surface area contributed by atoms with Crippen molar-refractivity contribution in [1.29, 1.82) is 0 Å². The van der Waals surface area contributed by atoms with Crippen LogP contribution in [-0.4, -0.2) is 30.3 Å². The monoisotopic (exact) mass is 322 g/mol. The van der Waals surface area contributed by atoms with E-state index in [0.29, 0.717) is 23.4 Å².